The molecule has 0 aliphatic carbocycles. The van der Waals surface area contributed by atoms with Crippen LogP contribution >= 0.6 is 0 Å². The number of nitrogens with zero attached hydrogens (tertiary/aromatic N) is 5. The summed E-state index contributed by atoms with van der Waals surface area (Å²) in [6, 6.07) is 5.36. The Morgan fingerprint density at radius 1 is 1.27 bits per heavy atom. The molecule has 3 rings (SSSR count). The fraction of sp³-hybridized carbons (Fsp3) is 0.731. The monoisotopic (exact) mass is 455 g/mol. The van der Waals surface area contributed by atoms with Crippen LogP contribution in [-0.4, -0.2) is 77.7 Å². The Hall–Kier alpha value is -2.01. The lowest BCUT2D eigenvalue weighted by molar-refractivity contribution is -0.130. The third-order valence-electron chi connectivity index (χ3n) is 7.05. The van der Waals surface area contributed by atoms with E-state index >= 15 is 0 Å². The molecule has 2 saturated heterocycles. The summed E-state index contributed by atoms with van der Waals surface area (Å²) in [6.45, 7) is 24.6. The van der Waals surface area contributed by atoms with E-state index in [4.69, 9.17) is 11.3 Å². The second-order valence-electron chi connectivity index (χ2n) is 10.6. The van der Waals surface area contributed by atoms with Crippen molar-refractivity contribution < 1.29 is 9.53 Å². The molecule has 1 atom stereocenters. The van der Waals surface area contributed by atoms with Crippen LogP contribution in [-0.2, 0) is 9.53 Å². The molecular weight excluding hydrogens is 414 g/mol. The molecule has 33 heavy (non-hydrogen) atoms. The first kappa shape index (κ1) is 25.6. The van der Waals surface area contributed by atoms with E-state index in [0.717, 1.165) is 51.5 Å². The molecule has 2 aliphatic heterocycles. The van der Waals surface area contributed by atoms with E-state index in [2.05, 4.69) is 47.3 Å². The Balaban J connectivity index is 1.86. The molecule has 1 amide bonds. The molecule has 0 aromatic carbocycles. The molecule has 0 radical (unpaired) electrons. The van der Waals surface area contributed by atoms with Crippen LogP contribution in [0.3, 0.4) is 0 Å². The molecule has 182 valence electrons. The van der Waals surface area contributed by atoms with Crippen molar-refractivity contribution in [1.29, 1.82) is 0 Å². The fourth-order valence-electron chi connectivity index (χ4n) is 5.25. The Morgan fingerprint density at radius 2 is 2.00 bits per heavy atom. The van der Waals surface area contributed by atoms with Crippen LogP contribution in [0, 0.1) is 12.5 Å². The summed E-state index contributed by atoms with van der Waals surface area (Å²) in [5, 5.41) is 0. The minimum Gasteiger partial charge on any atom is -0.375 e. The summed E-state index contributed by atoms with van der Waals surface area (Å²) >= 11 is 0. The van der Waals surface area contributed by atoms with Crippen LogP contribution < -0.4 is 4.90 Å². The van der Waals surface area contributed by atoms with E-state index in [1.165, 1.54) is 6.42 Å². The van der Waals surface area contributed by atoms with Gasteiger partial charge in [0.1, 0.15) is 0 Å². The van der Waals surface area contributed by atoms with Gasteiger partial charge in [0.25, 0.3) is 5.82 Å². The third-order valence-corrected chi connectivity index (χ3v) is 7.05. The number of hydrogen-bond acceptors (Lipinski definition) is 5. The first-order chi connectivity index (χ1) is 15.7. The predicted octanol–water partition coefficient (Wildman–Crippen LogP) is 4.37. The van der Waals surface area contributed by atoms with Crippen molar-refractivity contribution in [3.05, 3.63) is 29.6 Å². The minimum absolute atomic E-state index is 0.0453. The highest BCUT2D eigenvalue weighted by Crippen LogP contribution is 2.39. The van der Waals surface area contributed by atoms with Crippen molar-refractivity contribution in [2.24, 2.45) is 5.92 Å². The highest BCUT2D eigenvalue weighted by Gasteiger charge is 2.47. The van der Waals surface area contributed by atoms with Gasteiger partial charge in [0.2, 0.25) is 11.7 Å². The maximum atomic E-state index is 13.1. The smallest absolute Gasteiger partial charge is 0.271 e. The number of ether oxygens (including phenoxy) is 1. The molecule has 2 aliphatic rings. The fourth-order valence-corrected chi connectivity index (χ4v) is 5.25. The zero-order chi connectivity index (χ0) is 24.1. The van der Waals surface area contributed by atoms with Gasteiger partial charge in [-0.05, 0) is 51.6 Å². The molecule has 0 N–H and O–H groups in total. The quantitative estimate of drug-likeness (QED) is 0.545. The molecule has 1 aromatic rings. The number of piperazine rings is 1. The van der Waals surface area contributed by atoms with Gasteiger partial charge in [-0.3, -0.25) is 14.6 Å². The van der Waals surface area contributed by atoms with E-state index in [1.54, 1.807) is 6.07 Å². The number of pyridine rings is 1. The summed E-state index contributed by atoms with van der Waals surface area (Å²) < 4.78 is 6.11. The average Bonchev–Trinajstić information content (AvgIpc) is 2.80. The SMILES string of the molecule is [C-]#[N+]c1cccc(N(CC2(N3CCN(CCC(C)C)CC3)CCOC(C)(C)C2)C(=O)CC)n1. The van der Waals surface area contributed by atoms with Gasteiger partial charge >= 0.3 is 0 Å². The summed E-state index contributed by atoms with van der Waals surface area (Å²) in [4.78, 5) is 28.1. The van der Waals surface area contributed by atoms with Gasteiger partial charge in [0.05, 0.1) is 5.60 Å². The molecule has 2 fully saturated rings. The first-order valence-corrected chi connectivity index (χ1v) is 12.4. The second-order valence-corrected chi connectivity index (χ2v) is 10.6. The standard InChI is InChI=1S/C26H41N5O2/c1-7-24(32)31(23-10-8-9-22(27-6)28-23)20-26(12-18-33-25(4,5)19-26)30-16-14-29(15-17-30)13-11-21(2)3/h8-10,21H,7,11-20H2,1-5H3. The summed E-state index contributed by atoms with van der Waals surface area (Å²) in [5.41, 5.74) is -0.424. The van der Waals surface area contributed by atoms with Crippen molar-refractivity contribution in [2.45, 2.75) is 71.4 Å². The number of carbonyl (C=O) groups excluding carboxylic acids is 1. The Labute approximate surface area is 199 Å². The number of hydrogen-bond donors (Lipinski definition) is 0. The largest absolute Gasteiger partial charge is 0.375 e. The zero-order valence-electron chi connectivity index (χ0n) is 21.1. The number of aromatic nitrogens is 1. The molecule has 0 spiro atoms. The van der Waals surface area contributed by atoms with Gasteiger partial charge in [-0.25, -0.2) is 0 Å². The van der Waals surface area contributed by atoms with Crippen LogP contribution in [0.4, 0.5) is 11.6 Å². The van der Waals surface area contributed by atoms with Gasteiger partial charge in [0.15, 0.2) is 0 Å². The van der Waals surface area contributed by atoms with Crippen molar-refractivity contribution in [2.75, 3.05) is 50.8 Å². The molecule has 7 nitrogen and oxygen atoms in total. The normalized spacial score (nSPS) is 23.9. The lowest BCUT2D eigenvalue weighted by atomic mass is 9.78. The van der Waals surface area contributed by atoms with Crippen molar-refractivity contribution in [1.82, 2.24) is 14.8 Å². The van der Waals surface area contributed by atoms with Crippen LogP contribution in [0.25, 0.3) is 4.85 Å². The van der Waals surface area contributed by atoms with Crippen LogP contribution in [0.2, 0.25) is 0 Å². The number of amides is 1. The number of anilines is 1. The van der Waals surface area contributed by atoms with E-state index < -0.39 is 0 Å². The summed E-state index contributed by atoms with van der Waals surface area (Å²) in [5.74, 6) is 1.66. The van der Waals surface area contributed by atoms with E-state index in [-0.39, 0.29) is 17.0 Å². The van der Waals surface area contributed by atoms with Gasteiger partial charge < -0.3 is 14.5 Å². The average molecular weight is 456 g/mol. The summed E-state index contributed by atoms with van der Waals surface area (Å²) in [7, 11) is 0. The van der Waals surface area contributed by atoms with Crippen LogP contribution in [0.1, 0.15) is 60.3 Å². The molecular formula is C26H41N5O2. The highest BCUT2D eigenvalue weighted by atomic mass is 16.5. The second kappa shape index (κ2) is 10.9. The van der Waals surface area contributed by atoms with E-state index in [9.17, 15) is 4.79 Å². The maximum Gasteiger partial charge on any atom is 0.271 e. The lowest BCUT2D eigenvalue weighted by Crippen LogP contribution is -2.66. The van der Waals surface area contributed by atoms with Gasteiger partial charge in [-0.15, -0.1) is 4.98 Å². The van der Waals surface area contributed by atoms with E-state index in [0.29, 0.717) is 31.2 Å². The van der Waals surface area contributed by atoms with Crippen LogP contribution in [0.5, 0.6) is 0 Å². The highest BCUT2D eigenvalue weighted by molar-refractivity contribution is 5.92. The maximum absolute atomic E-state index is 13.1. The Bertz CT molecular complexity index is 841. The first-order valence-electron chi connectivity index (χ1n) is 12.4. The molecule has 1 aromatic heterocycles. The molecule has 0 bridgehead atoms. The van der Waals surface area contributed by atoms with Crippen molar-refractivity contribution in [3.8, 4) is 0 Å². The Kier molecular flexibility index (Phi) is 8.49. The molecule has 7 heteroatoms. The van der Waals surface area contributed by atoms with Gasteiger partial charge in [-0.1, -0.05) is 33.4 Å². The summed E-state index contributed by atoms with van der Waals surface area (Å²) in [6.07, 6.45) is 3.39. The Morgan fingerprint density at radius 3 is 2.61 bits per heavy atom. The number of carbonyl (C=O) groups is 1. The zero-order valence-corrected chi connectivity index (χ0v) is 21.1. The molecule has 1 unspecified atom stereocenters. The van der Waals surface area contributed by atoms with Crippen LogP contribution in [0.15, 0.2) is 18.2 Å². The van der Waals surface area contributed by atoms with Crippen molar-refractivity contribution >= 4 is 17.5 Å². The van der Waals surface area contributed by atoms with Crippen molar-refractivity contribution in [3.63, 3.8) is 0 Å². The van der Waals surface area contributed by atoms with Gasteiger partial charge in [0, 0.05) is 57.4 Å². The lowest BCUT2D eigenvalue weighted by Gasteiger charge is -2.54. The topological polar surface area (TPSA) is 53.3 Å². The number of rotatable bonds is 8. The third kappa shape index (κ3) is 6.53. The van der Waals surface area contributed by atoms with E-state index in [1.807, 2.05) is 24.0 Å². The molecule has 0 saturated carbocycles. The predicted molar refractivity (Wildman–Crippen MR) is 133 cm³/mol. The molecule has 3 heterocycles. The van der Waals surface area contributed by atoms with Gasteiger partial charge in [-0.2, -0.15) is 0 Å². The minimum atomic E-state index is -0.250.